The number of benzene rings is 1. The molecular weight excluding hydrogens is 414 g/mol. The maximum absolute atomic E-state index is 12.8. The molecule has 2 aromatic heterocycles. The van der Waals surface area contributed by atoms with Gasteiger partial charge in [-0.3, -0.25) is 19.1 Å². The second-order valence-corrected chi connectivity index (χ2v) is 9.47. The van der Waals surface area contributed by atoms with Crippen LogP contribution in [0.5, 0.6) is 5.75 Å². The third-order valence-corrected chi connectivity index (χ3v) is 7.24. The minimum absolute atomic E-state index is 0.200. The number of hydrogen-bond donors (Lipinski definition) is 0. The van der Waals surface area contributed by atoms with Gasteiger partial charge in [0.1, 0.15) is 11.6 Å². The zero-order valence-electron chi connectivity index (χ0n) is 17.7. The van der Waals surface area contributed by atoms with Crippen molar-refractivity contribution in [3.8, 4) is 5.75 Å². The zero-order valence-corrected chi connectivity index (χ0v) is 18.5. The fraction of sp³-hybridized carbons (Fsp3) is 0.455. The Morgan fingerprint density at radius 1 is 1.13 bits per heavy atom. The summed E-state index contributed by atoms with van der Waals surface area (Å²) in [6.07, 6.45) is 1.75. The Balaban J connectivity index is 1.44. The van der Waals surface area contributed by atoms with Gasteiger partial charge in [-0.15, -0.1) is 11.3 Å². The van der Waals surface area contributed by atoms with Gasteiger partial charge in [0, 0.05) is 36.0 Å². The van der Waals surface area contributed by atoms with E-state index in [-0.39, 0.29) is 12.0 Å². The average Bonchev–Trinajstić information content (AvgIpc) is 3.47. The Labute approximate surface area is 183 Å². The van der Waals surface area contributed by atoms with Crippen LogP contribution >= 0.6 is 11.3 Å². The molecule has 162 valence electrons. The minimum atomic E-state index is -0.574. The lowest BCUT2D eigenvalue weighted by Gasteiger charge is -2.24. The van der Waals surface area contributed by atoms with Crippen LogP contribution in [0.4, 0.5) is 0 Å². The maximum Gasteiger partial charge on any atom is 0.332 e. The van der Waals surface area contributed by atoms with Crippen molar-refractivity contribution in [2.75, 3.05) is 20.2 Å². The van der Waals surface area contributed by atoms with Gasteiger partial charge in [-0.05, 0) is 32.4 Å². The second kappa shape index (κ2) is 7.72. The molecule has 1 spiro atoms. The van der Waals surface area contributed by atoms with Gasteiger partial charge in [-0.2, -0.15) is 5.10 Å². The summed E-state index contributed by atoms with van der Waals surface area (Å²) in [7, 11) is 1.69. The molecule has 31 heavy (non-hydrogen) atoms. The molecule has 0 radical (unpaired) electrons. The van der Waals surface area contributed by atoms with E-state index in [0.717, 1.165) is 60.3 Å². The summed E-state index contributed by atoms with van der Waals surface area (Å²) < 4.78 is 8.40. The lowest BCUT2D eigenvalue weighted by atomic mass is 9.85. The highest BCUT2D eigenvalue weighted by atomic mass is 32.1. The second-order valence-electron chi connectivity index (χ2n) is 8.40. The number of hydrogen-bond acceptors (Lipinski definition) is 7. The van der Waals surface area contributed by atoms with Gasteiger partial charge < -0.3 is 4.74 Å². The van der Waals surface area contributed by atoms with Crippen molar-refractivity contribution in [2.45, 2.75) is 44.8 Å². The van der Waals surface area contributed by atoms with Gasteiger partial charge in [0.25, 0.3) is 0 Å². The summed E-state index contributed by atoms with van der Waals surface area (Å²) >= 11 is 1.53. The van der Waals surface area contributed by atoms with Crippen molar-refractivity contribution < 1.29 is 4.74 Å². The molecule has 0 N–H and O–H groups in total. The van der Waals surface area contributed by atoms with Crippen LogP contribution in [-0.4, -0.2) is 44.4 Å². The summed E-state index contributed by atoms with van der Waals surface area (Å²) in [6, 6.07) is 8.06. The van der Waals surface area contributed by atoms with Gasteiger partial charge in [0.2, 0.25) is 0 Å². The Hall–Kier alpha value is -2.78. The van der Waals surface area contributed by atoms with Crippen molar-refractivity contribution in [1.29, 1.82) is 0 Å². The number of likely N-dealkylation sites (tertiary alicyclic amines) is 1. The number of ether oxygens (including phenoxy) is 1. The first-order valence-corrected chi connectivity index (χ1v) is 11.3. The first-order chi connectivity index (χ1) is 15.0. The number of nitrogens with zero attached hydrogens (tertiary/aromatic N) is 5. The number of fused-ring (bicyclic) bond motifs is 2. The largest absolute Gasteiger partial charge is 0.496 e. The molecular formula is C22H25N5O3S. The van der Waals surface area contributed by atoms with Gasteiger partial charge in [0.15, 0.2) is 0 Å². The Bertz CT molecular complexity index is 1250. The van der Waals surface area contributed by atoms with E-state index >= 15 is 0 Å². The number of rotatable bonds is 5. The normalized spacial score (nSPS) is 20.5. The van der Waals surface area contributed by atoms with Crippen molar-refractivity contribution >= 4 is 11.3 Å². The summed E-state index contributed by atoms with van der Waals surface area (Å²) in [6.45, 7) is 5.21. The van der Waals surface area contributed by atoms with E-state index in [2.05, 4.69) is 16.0 Å². The van der Waals surface area contributed by atoms with Crippen LogP contribution in [-0.2, 0) is 25.0 Å². The van der Waals surface area contributed by atoms with Gasteiger partial charge in [0.05, 0.1) is 24.4 Å². The smallest absolute Gasteiger partial charge is 0.332 e. The molecule has 0 saturated carbocycles. The van der Waals surface area contributed by atoms with E-state index < -0.39 is 11.1 Å². The number of para-hydroxylation sites is 1. The predicted octanol–water partition coefficient (Wildman–Crippen LogP) is 1.77. The van der Waals surface area contributed by atoms with Gasteiger partial charge >= 0.3 is 11.1 Å². The van der Waals surface area contributed by atoms with E-state index in [0.29, 0.717) is 6.54 Å². The molecule has 1 saturated heterocycles. The molecule has 5 rings (SSSR count). The third-order valence-electron chi connectivity index (χ3n) is 6.42. The quantitative estimate of drug-likeness (QED) is 0.564. The van der Waals surface area contributed by atoms with E-state index in [4.69, 9.17) is 9.84 Å². The molecule has 8 nitrogen and oxygen atoms in total. The molecule has 2 aliphatic heterocycles. The molecule has 0 bridgehead atoms. The monoisotopic (exact) mass is 439 g/mol. The summed E-state index contributed by atoms with van der Waals surface area (Å²) in [5, 5.41) is 7.55. The highest BCUT2D eigenvalue weighted by Crippen LogP contribution is 2.41. The Morgan fingerprint density at radius 3 is 2.71 bits per heavy atom. The highest BCUT2D eigenvalue weighted by molar-refractivity contribution is 7.09. The summed E-state index contributed by atoms with van der Waals surface area (Å²) in [5.41, 5.74) is 0.661. The fourth-order valence-corrected chi connectivity index (χ4v) is 5.47. The number of thiazole rings is 1. The van der Waals surface area contributed by atoms with Crippen LogP contribution in [0.15, 0.2) is 39.2 Å². The van der Waals surface area contributed by atoms with E-state index in [1.165, 1.54) is 16.0 Å². The average molecular weight is 440 g/mol. The van der Waals surface area contributed by atoms with E-state index in [9.17, 15) is 9.59 Å². The summed E-state index contributed by atoms with van der Waals surface area (Å²) in [5.74, 6) is 1.63. The number of aromatic nitrogens is 4. The standard InChI is InChI=1S/C22H25N5O3S/c1-15-23-17(13-31-15)12-27-20(29)19(28)26-10-8-22(21(26)24-27)7-9-25(14-22)11-16-5-3-4-6-18(16)30-2/h3-6,13H,7-12,14H2,1-2H3. The fourth-order valence-electron chi connectivity index (χ4n) is 4.87. The van der Waals surface area contributed by atoms with Crippen LogP contribution in [0, 0.1) is 6.92 Å². The van der Waals surface area contributed by atoms with Gasteiger partial charge in [-0.1, -0.05) is 18.2 Å². The van der Waals surface area contributed by atoms with E-state index in [1.54, 1.807) is 11.7 Å². The number of methoxy groups -OCH3 is 1. The predicted molar refractivity (Wildman–Crippen MR) is 118 cm³/mol. The molecule has 1 atom stereocenters. The Morgan fingerprint density at radius 2 is 1.94 bits per heavy atom. The van der Waals surface area contributed by atoms with Gasteiger partial charge in [-0.25, -0.2) is 9.67 Å². The molecule has 4 heterocycles. The molecule has 1 aromatic carbocycles. The molecule has 9 heteroatoms. The maximum atomic E-state index is 12.8. The molecule has 0 amide bonds. The van der Waals surface area contributed by atoms with Crippen LogP contribution in [0.2, 0.25) is 0 Å². The zero-order chi connectivity index (χ0) is 21.6. The lowest BCUT2D eigenvalue weighted by molar-refractivity contribution is 0.292. The molecule has 1 unspecified atom stereocenters. The third kappa shape index (κ3) is 3.51. The first-order valence-electron chi connectivity index (χ1n) is 10.5. The van der Waals surface area contributed by atoms with Crippen LogP contribution in [0.1, 0.15) is 34.9 Å². The first kappa shape index (κ1) is 20.1. The Kier molecular flexibility index (Phi) is 5.02. The van der Waals surface area contributed by atoms with Crippen LogP contribution in [0.3, 0.4) is 0 Å². The number of aryl methyl sites for hydroxylation is 1. The molecule has 1 fully saturated rings. The van der Waals surface area contributed by atoms with Crippen molar-refractivity contribution in [3.63, 3.8) is 0 Å². The lowest BCUT2D eigenvalue weighted by Crippen LogP contribution is -2.45. The minimum Gasteiger partial charge on any atom is -0.496 e. The van der Waals surface area contributed by atoms with E-state index in [1.807, 2.05) is 30.5 Å². The molecule has 3 aromatic rings. The van der Waals surface area contributed by atoms with Crippen molar-refractivity contribution in [3.05, 3.63) is 72.4 Å². The topological polar surface area (TPSA) is 82.2 Å². The van der Waals surface area contributed by atoms with Crippen molar-refractivity contribution in [2.24, 2.45) is 0 Å². The van der Waals surface area contributed by atoms with Crippen molar-refractivity contribution in [1.82, 2.24) is 24.2 Å². The molecule has 2 aliphatic rings. The van der Waals surface area contributed by atoms with Crippen LogP contribution in [0.25, 0.3) is 0 Å². The van der Waals surface area contributed by atoms with Crippen LogP contribution < -0.4 is 15.9 Å². The highest BCUT2D eigenvalue weighted by Gasteiger charge is 2.47. The summed E-state index contributed by atoms with van der Waals surface area (Å²) in [4.78, 5) is 32.3. The molecule has 0 aliphatic carbocycles. The SMILES string of the molecule is COc1ccccc1CN1CCC2(CCn3c2nn(Cc2csc(C)n2)c(=O)c3=O)C1.